The van der Waals surface area contributed by atoms with Gasteiger partial charge in [-0.25, -0.2) is 4.79 Å². The molecule has 2 aromatic heterocycles. The number of hydrogen-bond acceptors (Lipinski definition) is 8. The lowest BCUT2D eigenvalue weighted by atomic mass is 10.2. The Kier molecular flexibility index (Phi) is 4.71. The fourth-order valence-electron chi connectivity index (χ4n) is 2.46. The number of halogens is 3. The molecule has 0 saturated heterocycles. The van der Waals surface area contributed by atoms with Crippen molar-refractivity contribution in [3.8, 4) is 17.2 Å². The Morgan fingerprint density at radius 2 is 1.79 bits per heavy atom. The summed E-state index contributed by atoms with van der Waals surface area (Å²) in [5, 5.41) is 21.0. The third-order valence-corrected chi connectivity index (χ3v) is 3.77. The van der Waals surface area contributed by atoms with E-state index in [1.807, 2.05) is 0 Å². The van der Waals surface area contributed by atoms with Crippen molar-refractivity contribution in [1.82, 2.24) is 9.78 Å². The molecule has 0 bridgehead atoms. The Morgan fingerprint density at radius 3 is 2.36 bits per heavy atom. The van der Waals surface area contributed by atoms with Gasteiger partial charge in [0.1, 0.15) is 11.3 Å². The minimum absolute atomic E-state index is 0.00343. The number of aromatic hydroxyl groups is 1. The molecule has 0 fully saturated rings. The molecular weight excluding hydrogens is 385 g/mol. The van der Waals surface area contributed by atoms with Gasteiger partial charge < -0.3 is 19.0 Å². The van der Waals surface area contributed by atoms with Crippen LogP contribution in [0.5, 0.6) is 17.2 Å². The molecular formula is C16H13F3N4O5. The molecule has 0 amide bonds. The first-order valence-corrected chi connectivity index (χ1v) is 7.60. The van der Waals surface area contributed by atoms with E-state index >= 15 is 0 Å². The molecule has 0 aliphatic rings. The van der Waals surface area contributed by atoms with Gasteiger partial charge in [0, 0.05) is 19.2 Å². The van der Waals surface area contributed by atoms with Gasteiger partial charge in [-0.3, -0.25) is 4.68 Å². The zero-order valence-corrected chi connectivity index (χ0v) is 14.7. The fraction of sp³-hybridized carbons (Fsp3) is 0.250. The number of benzene rings is 1. The molecule has 3 rings (SSSR count). The molecule has 148 valence electrons. The van der Waals surface area contributed by atoms with Gasteiger partial charge in [0.05, 0.1) is 19.6 Å². The fourth-order valence-corrected chi connectivity index (χ4v) is 2.46. The molecule has 3 aromatic rings. The lowest BCUT2D eigenvalue weighted by molar-refractivity contribution is -0.143. The van der Waals surface area contributed by atoms with Crippen LogP contribution in [0.2, 0.25) is 0 Å². The molecule has 0 spiro atoms. The standard InChI is InChI=1S/C16H13F3N4O5/c1-23-11(16(17,18)19)6-12(22-23)20-21-13-14(24)7-4-9(26-2)10(27-3)5-8(7)28-15(13)25/h4-6,24H,1-3H3. The largest absolute Gasteiger partial charge is 0.505 e. The van der Waals surface area contributed by atoms with Crippen LogP contribution in [0.3, 0.4) is 0 Å². The van der Waals surface area contributed by atoms with Crippen molar-refractivity contribution in [2.75, 3.05) is 14.2 Å². The molecule has 0 saturated carbocycles. The number of nitrogens with zero attached hydrogens (tertiary/aromatic N) is 4. The third kappa shape index (κ3) is 3.35. The molecule has 0 radical (unpaired) electrons. The monoisotopic (exact) mass is 398 g/mol. The Morgan fingerprint density at radius 1 is 1.14 bits per heavy atom. The van der Waals surface area contributed by atoms with E-state index in [-0.39, 0.29) is 22.5 Å². The van der Waals surface area contributed by atoms with Gasteiger partial charge in [0.15, 0.2) is 23.1 Å². The minimum Gasteiger partial charge on any atom is -0.505 e. The number of azo groups is 1. The summed E-state index contributed by atoms with van der Waals surface area (Å²) in [6, 6.07) is 3.34. The minimum atomic E-state index is -4.63. The van der Waals surface area contributed by atoms with Crippen molar-refractivity contribution in [2.45, 2.75) is 6.18 Å². The average molecular weight is 398 g/mol. The van der Waals surface area contributed by atoms with Gasteiger partial charge in [-0.1, -0.05) is 0 Å². The maximum atomic E-state index is 12.8. The quantitative estimate of drug-likeness (QED) is 0.530. The van der Waals surface area contributed by atoms with Crippen LogP contribution in [0.25, 0.3) is 11.0 Å². The van der Waals surface area contributed by atoms with Crippen molar-refractivity contribution in [1.29, 1.82) is 0 Å². The number of ether oxygens (including phenoxy) is 2. The van der Waals surface area contributed by atoms with Gasteiger partial charge >= 0.3 is 11.8 Å². The first-order chi connectivity index (χ1) is 13.2. The van der Waals surface area contributed by atoms with Crippen LogP contribution in [0, 0.1) is 0 Å². The number of fused-ring (bicyclic) bond motifs is 1. The summed E-state index contributed by atoms with van der Waals surface area (Å²) in [4.78, 5) is 12.1. The molecule has 0 unspecified atom stereocenters. The van der Waals surface area contributed by atoms with E-state index in [9.17, 15) is 23.1 Å². The van der Waals surface area contributed by atoms with E-state index in [1.54, 1.807) is 0 Å². The molecule has 1 aromatic carbocycles. The third-order valence-electron chi connectivity index (χ3n) is 3.77. The number of hydrogen-bond donors (Lipinski definition) is 1. The Hall–Kier alpha value is -3.57. The Labute approximate surface area is 154 Å². The van der Waals surface area contributed by atoms with Crippen molar-refractivity contribution in [3.63, 3.8) is 0 Å². The summed E-state index contributed by atoms with van der Waals surface area (Å²) in [7, 11) is 3.84. The normalized spacial score (nSPS) is 12.1. The predicted octanol–water partition coefficient (Wildman–Crippen LogP) is 3.68. The molecule has 12 heteroatoms. The molecule has 0 aliphatic carbocycles. The van der Waals surface area contributed by atoms with Crippen molar-refractivity contribution >= 4 is 22.5 Å². The summed E-state index contributed by atoms with van der Waals surface area (Å²) in [6.45, 7) is 0. The SMILES string of the molecule is COc1cc2oc(=O)c(N=Nc3cc(C(F)(F)F)n(C)n3)c(O)c2cc1OC. The van der Waals surface area contributed by atoms with Crippen molar-refractivity contribution < 1.29 is 32.2 Å². The summed E-state index contributed by atoms with van der Waals surface area (Å²) in [6.07, 6.45) is -4.63. The summed E-state index contributed by atoms with van der Waals surface area (Å²) in [5.41, 5.74) is -2.70. The maximum Gasteiger partial charge on any atom is 0.433 e. The zero-order chi connectivity index (χ0) is 20.6. The Balaban J connectivity index is 2.09. The van der Waals surface area contributed by atoms with Gasteiger partial charge in [-0.05, 0) is 6.07 Å². The first kappa shape index (κ1) is 19.2. The van der Waals surface area contributed by atoms with Crippen LogP contribution in [-0.2, 0) is 13.2 Å². The number of rotatable bonds is 4. The number of aromatic nitrogens is 2. The molecule has 0 atom stereocenters. The second kappa shape index (κ2) is 6.87. The van der Waals surface area contributed by atoms with Crippen molar-refractivity contribution in [2.24, 2.45) is 17.3 Å². The summed E-state index contributed by atoms with van der Waals surface area (Å²) >= 11 is 0. The van der Waals surface area contributed by atoms with Gasteiger partial charge in [-0.15, -0.1) is 10.2 Å². The highest BCUT2D eigenvalue weighted by Crippen LogP contribution is 2.39. The topological polar surface area (TPSA) is 111 Å². The number of aryl methyl sites for hydroxylation is 1. The second-order valence-electron chi connectivity index (χ2n) is 5.50. The Bertz CT molecular complexity index is 1130. The number of methoxy groups -OCH3 is 2. The molecule has 0 aliphatic heterocycles. The average Bonchev–Trinajstić information content (AvgIpc) is 3.01. The van der Waals surface area contributed by atoms with Crippen LogP contribution in [-0.4, -0.2) is 29.1 Å². The summed E-state index contributed by atoms with van der Waals surface area (Å²) < 4.78 is 54.3. The first-order valence-electron chi connectivity index (χ1n) is 7.60. The van der Waals surface area contributed by atoms with E-state index in [1.165, 1.54) is 26.4 Å². The zero-order valence-electron chi connectivity index (χ0n) is 14.7. The number of alkyl halides is 3. The maximum absolute atomic E-state index is 12.8. The van der Waals surface area contributed by atoms with E-state index in [0.29, 0.717) is 10.7 Å². The highest BCUT2D eigenvalue weighted by atomic mass is 19.4. The van der Waals surface area contributed by atoms with Crippen LogP contribution in [0.4, 0.5) is 24.7 Å². The van der Waals surface area contributed by atoms with Crippen LogP contribution >= 0.6 is 0 Å². The van der Waals surface area contributed by atoms with Gasteiger partial charge in [0.2, 0.25) is 5.69 Å². The van der Waals surface area contributed by atoms with Crippen LogP contribution < -0.4 is 15.1 Å². The highest BCUT2D eigenvalue weighted by Gasteiger charge is 2.35. The second-order valence-corrected chi connectivity index (χ2v) is 5.50. The molecule has 28 heavy (non-hydrogen) atoms. The lowest BCUT2D eigenvalue weighted by Crippen LogP contribution is -2.11. The highest BCUT2D eigenvalue weighted by molar-refractivity contribution is 5.90. The summed E-state index contributed by atoms with van der Waals surface area (Å²) in [5.74, 6) is -0.467. The lowest BCUT2D eigenvalue weighted by Gasteiger charge is -2.09. The van der Waals surface area contributed by atoms with Gasteiger partial charge in [-0.2, -0.15) is 18.3 Å². The van der Waals surface area contributed by atoms with Gasteiger partial charge in [0.25, 0.3) is 0 Å². The predicted molar refractivity (Wildman–Crippen MR) is 89.6 cm³/mol. The van der Waals surface area contributed by atoms with Crippen LogP contribution in [0.1, 0.15) is 5.69 Å². The molecule has 9 nitrogen and oxygen atoms in total. The molecule has 1 N–H and O–H groups in total. The van der Waals surface area contributed by atoms with E-state index in [2.05, 4.69) is 15.3 Å². The van der Waals surface area contributed by atoms with Crippen LogP contribution in [0.15, 0.2) is 37.6 Å². The molecule has 2 heterocycles. The smallest absolute Gasteiger partial charge is 0.433 e. The van der Waals surface area contributed by atoms with Crippen molar-refractivity contribution in [3.05, 3.63) is 34.3 Å². The van der Waals surface area contributed by atoms with E-state index < -0.39 is 34.8 Å². The van der Waals surface area contributed by atoms with E-state index in [4.69, 9.17) is 13.9 Å². The van der Waals surface area contributed by atoms with E-state index in [0.717, 1.165) is 7.05 Å².